The standard InChI is InChI=1S/C23H37N3O/c1-4-6-7-8-9-10-11-12-15-18-26-21-17-14-13-16-20(21)25-23(26)19(3)24-22(27)5-2/h13-14,16-17,19H,4-12,15,18H2,1-3H3,(H,24,27). The molecule has 0 aliphatic heterocycles. The van der Waals surface area contributed by atoms with E-state index in [-0.39, 0.29) is 11.9 Å². The largest absolute Gasteiger partial charge is 0.346 e. The third kappa shape index (κ3) is 6.67. The highest BCUT2D eigenvalue weighted by atomic mass is 16.1. The lowest BCUT2D eigenvalue weighted by atomic mass is 10.1. The first-order chi connectivity index (χ1) is 13.2. The number of aromatic nitrogens is 2. The van der Waals surface area contributed by atoms with Crippen molar-refractivity contribution in [3.05, 3.63) is 30.1 Å². The predicted molar refractivity (Wildman–Crippen MR) is 114 cm³/mol. The molecule has 1 amide bonds. The van der Waals surface area contributed by atoms with Crippen LogP contribution in [0, 0.1) is 0 Å². The van der Waals surface area contributed by atoms with Crippen LogP contribution in [-0.2, 0) is 11.3 Å². The van der Waals surface area contributed by atoms with Crippen LogP contribution in [-0.4, -0.2) is 15.5 Å². The van der Waals surface area contributed by atoms with Crippen LogP contribution >= 0.6 is 0 Å². The van der Waals surface area contributed by atoms with Crippen LogP contribution in [0.2, 0.25) is 0 Å². The van der Waals surface area contributed by atoms with Crippen molar-refractivity contribution in [1.82, 2.24) is 14.9 Å². The van der Waals surface area contributed by atoms with Crippen LogP contribution < -0.4 is 5.32 Å². The van der Waals surface area contributed by atoms with Crippen LogP contribution in [0.3, 0.4) is 0 Å². The Bertz CT molecular complexity index is 692. The van der Waals surface area contributed by atoms with E-state index in [0.29, 0.717) is 6.42 Å². The Labute approximate surface area is 164 Å². The van der Waals surface area contributed by atoms with Crippen molar-refractivity contribution in [1.29, 1.82) is 0 Å². The molecule has 4 nitrogen and oxygen atoms in total. The molecule has 0 saturated carbocycles. The Morgan fingerprint density at radius 3 is 2.30 bits per heavy atom. The number of nitrogens with one attached hydrogen (secondary N) is 1. The van der Waals surface area contributed by atoms with Gasteiger partial charge in [-0.15, -0.1) is 0 Å². The highest BCUT2D eigenvalue weighted by Gasteiger charge is 2.17. The first-order valence-electron chi connectivity index (χ1n) is 10.9. The number of hydrogen-bond donors (Lipinski definition) is 1. The third-order valence-electron chi connectivity index (χ3n) is 5.26. The lowest BCUT2D eigenvalue weighted by Crippen LogP contribution is -2.28. The number of hydrogen-bond acceptors (Lipinski definition) is 2. The van der Waals surface area contributed by atoms with Crippen molar-refractivity contribution >= 4 is 16.9 Å². The van der Waals surface area contributed by atoms with Gasteiger partial charge in [0.05, 0.1) is 17.1 Å². The van der Waals surface area contributed by atoms with Crippen LogP contribution in [0.15, 0.2) is 24.3 Å². The number of carbonyl (C=O) groups excluding carboxylic acids is 1. The van der Waals surface area contributed by atoms with Crippen LogP contribution in [0.4, 0.5) is 0 Å². The van der Waals surface area contributed by atoms with E-state index in [9.17, 15) is 4.79 Å². The smallest absolute Gasteiger partial charge is 0.220 e. The molecule has 1 aromatic heterocycles. The monoisotopic (exact) mass is 371 g/mol. The molecule has 1 heterocycles. The van der Waals surface area contributed by atoms with Crippen LogP contribution in [0.5, 0.6) is 0 Å². The van der Waals surface area contributed by atoms with E-state index < -0.39 is 0 Å². The molecule has 1 N–H and O–H groups in total. The van der Waals surface area contributed by atoms with Crippen LogP contribution in [0.25, 0.3) is 11.0 Å². The zero-order valence-electron chi connectivity index (χ0n) is 17.5. The van der Waals surface area contributed by atoms with Gasteiger partial charge in [0.2, 0.25) is 5.91 Å². The predicted octanol–water partition coefficient (Wildman–Crippen LogP) is 6.15. The summed E-state index contributed by atoms with van der Waals surface area (Å²) in [7, 11) is 0. The van der Waals surface area contributed by atoms with Gasteiger partial charge >= 0.3 is 0 Å². The Kier molecular flexibility index (Phi) is 9.37. The van der Waals surface area contributed by atoms with Gasteiger partial charge in [-0.2, -0.15) is 0 Å². The number of aryl methyl sites for hydroxylation is 1. The number of imidazole rings is 1. The molecule has 0 radical (unpaired) electrons. The zero-order valence-corrected chi connectivity index (χ0v) is 17.5. The number of amides is 1. The highest BCUT2D eigenvalue weighted by Crippen LogP contribution is 2.22. The average Bonchev–Trinajstić information content (AvgIpc) is 3.05. The second-order valence-electron chi connectivity index (χ2n) is 7.58. The van der Waals surface area contributed by atoms with Crippen LogP contribution in [0.1, 0.15) is 96.8 Å². The van der Waals surface area contributed by atoms with Gasteiger partial charge in [-0.1, -0.05) is 77.3 Å². The third-order valence-corrected chi connectivity index (χ3v) is 5.26. The van der Waals surface area contributed by atoms with Gasteiger partial charge in [-0.3, -0.25) is 4.79 Å². The fraction of sp³-hybridized carbons (Fsp3) is 0.652. The van der Waals surface area contributed by atoms with Gasteiger partial charge in [0.1, 0.15) is 5.82 Å². The molecule has 0 fully saturated rings. The zero-order chi connectivity index (χ0) is 19.5. The maximum atomic E-state index is 11.8. The fourth-order valence-electron chi connectivity index (χ4n) is 3.65. The van der Waals surface area contributed by atoms with E-state index in [2.05, 4.69) is 35.0 Å². The highest BCUT2D eigenvalue weighted by molar-refractivity contribution is 5.77. The number of nitrogens with zero attached hydrogens (tertiary/aromatic N) is 2. The second kappa shape index (κ2) is 11.8. The van der Waals surface area contributed by atoms with Gasteiger partial charge < -0.3 is 9.88 Å². The molecule has 1 atom stereocenters. The molecular weight excluding hydrogens is 334 g/mol. The summed E-state index contributed by atoms with van der Waals surface area (Å²) in [5.41, 5.74) is 2.19. The lowest BCUT2D eigenvalue weighted by molar-refractivity contribution is -0.121. The SMILES string of the molecule is CCCCCCCCCCCn1c(C(C)NC(=O)CC)nc2ccccc21. The number of benzene rings is 1. The summed E-state index contributed by atoms with van der Waals surface area (Å²) in [4.78, 5) is 16.6. The summed E-state index contributed by atoms with van der Waals surface area (Å²) in [6.07, 6.45) is 12.4. The molecule has 0 aliphatic carbocycles. The molecule has 1 unspecified atom stereocenters. The lowest BCUT2D eigenvalue weighted by Gasteiger charge is -2.16. The molecule has 1 aromatic carbocycles. The molecule has 150 valence electrons. The van der Waals surface area contributed by atoms with E-state index in [0.717, 1.165) is 24.3 Å². The van der Waals surface area contributed by atoms with Crippen molar-refractivity contribution in [2.75, 3.05) is 0 Å². The normalized spacial score (nSPS) is 12.4. The molecule has 27 heavy (non-hydrogen) atoms. The average molecular weight is 372 g/mol. The summed E-state index contributed by atoms with van der Waals surface area (Å²) in [5.74, 6) is 1.04. The van der Waals surface area contributed by atoms with Gasteiger partial charge in [0, 0.05) is 13.0 Å². The Morgan fingerprint density at radius 1 is 1.00 bits per heavy atom. The Balaban J connectivity index is 1.90. The van der Waals surface area contributed by atoms with Crippen molar-refractivity contribution < 1.29 is 4.79 Å². The van der Waals surface area contributed by atoms with Gasteiger partial charge in [-0.05, 0) is 25.5 Å². The molecule has 4 heteroatoms. The molecule has 0 saturated heterocycles. The Morgan fingerprint density at radius 2 is 1.63 bits per heavy atom. The molecule has 0 bridgehead atoms. The summed E-state index contributed by atoms with van der Waals surface area (Å²) < 4.78 is 2.30. The summed E-state index contributed by atoms with van der Waals surface area (Å²) in [6.45, 7) is 7.15. The van der Waals surface area contributed by atoms with Crippen molar-refractivity contribution in [3.8, 4) is 0 Å². The molecule has 0 aliphatic rings. The number of fused-ring (bicyclic) bond motifs is 1. The van der Waals surface area contributed by atoms with Gasteiger partial charge in [-0.25, -0.2) is 4.98 Å². The van der Waals surface area contributed by atoms with Crippen molar-refractivity contribution in [2.45, 2.75) is 97.6 Å². The number of unbranched alkanes of at least 4 members (excludes halogenated alkanes) is 8. The quantitative estimate of drug-likeness (QED) is 0.429. The molecule has 2 rings (SSSR count). The Hall–Kier alpha value is -1.84. The summed E-state index contributed by atoms with van der Waals surface area (Å²) in [5, 5.41) is 3.06. The maximum absolute atomic E-state index is 11.8. The van der Waals surface area contributed by atoms with Gasteiger partial charge in [0.15, 0.2) is 0 Å². The molecular formula is C23H37N3O. The minimum atomic E-state index is -0.0663. The topological polar surface area (TPSA) is 46.9 Å². The number of para-hydroxylation sites is 2. The molecule has 2 aromatic rings. The van der Waals surface area contributed by atoms with E-state index in [1.54, 1.807) is 0 Å². The number of carbonyl (C=O) groups is 1. The first-order valence-corrected chi connectivity index (χ1v) is 10.9. The minimum Gasteiger partial charge on any atom is -0.346 e. The van der Waals surface area contributed by atoms with E-state index in [4.69, 9.17) is 4.98 Å². The second-order valence-corrected chi connectivity index (χ2v) is 7.58. The van der Waals surface area contributed by atoms with E-state index in [1.807, 2.05) is 19.9 Å². The molecule has 0 spiro atoms. The minimum absolute atomic E-state index is 0.0663. The summed E-state index contributed by atoms with van der Waals surface area (Å²) in [6, 6.07) is 8.21. The van der Waals surface area contributed by atoms with Crippen molar-refractivity contribution in [3.63, 3.8) is 0 Å². The van der Waals surface area contributed by atoms with Gasteiger partial charge in [0.25, 0.3) is 0 Å². The van der Waals surface area contributed by atoms with Crippen molar-refractivity contribution in [2.24, 2.45) is 0 Å². The van der Waals surface area contributed by atoms with E-state index in [1.165, 1.54) is 56.9 Å². The fourth-order valence-corrected chi connectivity index (χ4v) is 3.65. The summed E-state index contributed by atoms with van der Waals surface area (Å²) >= 11 is 0. The number of rotatable bonds is 13. The maximum Gasteiger partial charge on any atom is 0.220 e. The van der Waals surface area contributed by atoms with E-state index >= 15 is 0 Å². The first kappa shape index (κ1) is 21.5.